The number of pyridine rings is 2. The Balaban J connectivity index is 1.20. The second-order valence-electron chi connectivity index (χ2n) is 17.0. The molecular weight excluding hydrogens is 873 g/mol. The molecule has 2 aliphatic rings. The predicted octanol–water partition coefficient (Wildman–Crippen LogP) is 6.31. The Labute approximate surface area is 384 Å². The average Bonchev–Trinajstić information content (AvgIpc) is 3.96. The van der Waals surface area contributed by atoms with Crippen molar-refractivity contribution in [2.24, 2.45) is 0 Å². The van der Waals surface area contributed by atoms with E-state index in [1.54, 1.807) is 45.4 Å². The molecule has 18 heteroatoms. The standard InChI is InChI=1S/C48H50N12O4S2/c1-53-23-27-55(28-24-53)37-13-7-15-39(33-37)59(47-49-45-43(19-9-21-57(45)51-47)35-11-5-17-41(31-35)65(3,61)62)60(40-16-8-14-38(34-40)56-29-25-54(2)26-30-56)48-50-46-44(20-10-22-58(46)52-48)36-12-6-18-42(32-36)66(4,63)64/h5-22,31-34H,23-30H2,1-4H3. The fourth-order valence-corrected chi connectivity index (χ4v) is 9.96. The van der Waals surface area contributed by atoms with Gasteiger partial charge < -0.3 is 19.6 Å². The van der Waals surface area contributed by atoms with Crippen molar-refractivity contribution in [2.75, 3.05) is 98.8 Å². The minimum Gasteiger partial charge on any atom is -0.369 e. The van der Waals surface area contributed by atoms with Crippen molar-refractivity contribution in [2.45, 2.75) is 9.79 Å². The number of fused-ring (bicyclic) bond motifs is 2. The van der Waals surface area contributed by atoms with Crippen LogP contribution in [0.25, 0.3) is 33.5 Å². The molecule has 66 heavy (non-hydrogen) atoms. The highest BCUT2D eigenvalue weighted by atomic mass is 32.2. The van der Waals surface area contributed by atoms with Crippen LogP contribution in [0.4, 0.5) is 34.6 Å². The highest BCUT2D eigenvalue weighted by Gasteiger charge is 2.31. The van der Waals surface area contributed by atoms with E-state index < -0.39 is 19.7 Å². The Bertz CT molecular complexity index is 3100. The zero-order chi connectivity index (χ0) is 45.7. The zero-order valence-corrected chi connectivity index (χ0v) is 38.8. The Morgan fingerprint density at radius 3 is 1.26 bits per heavy atom. The number of benzene rings is 4. The maximum atomic E-state index is 12.7. The topological polar surface area (TPSA) is 148 Å². The molecule has 0 amide bonds. The molecule has 4 aromatic carbocycles. The summed E-state index contributed by atoms with van der Waals surface area (Å²) in [7, 11) is -2.70. The fraction of sp³-hybridized carbons (Fsp3) is 0.250. The number of sulfone groups is 2. The Hall–Kier alpha value is -6.86. The second-order valence-corrected chi connectivity index (χ2v) is 21.1. The summed E-state index contributed by atoms with van der Waals surface area (Å²) in [5.74, 6) is 0.615. The molecule has 0 aliphatic carbocycles. The van der Waals surface area contributed by atoms with E-state index in [-0.39, 0.29) is 9.79 Å². The molecule has 10 rings (SSSR count). The number of likely N-dealkylation sites (N-methyl/N-ethyl adjacent to an activating group) is 2. The van der Waals surface area contributed by atoms with Gasteiger partial charge in [-0.15, -0.1) is 10.2 Å². The number of aromatic nitrogens is 6. The number of anilines is 6. The van der Waals surface area contributed by atoms with Crippen LogP contribution in [-0.4, -0.2) is 135 Å². The molecule has 0 radical (unpaired) electrons. The highest BCUT2D eigenvalue weighted by Crippen LogP contribution is 2.39. The normalized spacial score (nSPS) is 15.5. The van der Waals surface area contributed by atoms with Gasteiger partial charge in [0.1, 0.15) is 0 Å². The van der Waals surface area contributed by atoms with Gasteiger partial charge in [0.2, 0.25) is 0 Å². The van der Waals surface area contributed by atoms with Gasteiger partial charge in [-0.05, 0) is 110 Å². The van der Waals surface area contributed by atoms with E-state index in [0.717, 1.165) is 75.1 Å². The molecule has 6 heterocycles. The van der Waals surface area contributed by atoms with Crippen molar-refractivity contribution in [1.82, 2.24) is 39.0 Å². The maximum Gasteiger partial charge on any atom is 0.269 e. The summed E-state index contributed by atoms with van der Waals surface area (Å²) >= 11 is 0. The molecule has 338 valence electrons. The molecule has 4 aromatic heterocycles. The van der Waals surface area contributed by atoms with Gasteiger partial charge in [0, 0.05) is 99.8 Å². The van der Waals surface area contributed by atoms with Crippen LogP contribution in [-0.2, 0) is 19.7 Å². The van der Waals surface area contributed by atoms with Crippen LogP contribution in [0.5, 0.6) is 0 Å². The lowest BCUT2D eigenvalue weighted by molar-refractivity contribution is 0.313. The summed E-state index contributed by atoms with van der Waals surface area (Å²) in [6, 6.07) is 37.9. The highest BCUT2D eigenvalue weighted by molar-refractivity contribution is 7.91. The van der Waals surface area contributed by atoms with Crippen LogP contribution in [0, 0.1) is 0 Å². The molecule has 2 saturated heterocycles. The van der Waals surface area contributed by atoms with Crippen LogP contribution in [0.15, 0.2) is 144 Å². The number of hydrogen-bond acceptors (Lipinski definition) is 14. The van der Waals surface area contributed by atoms with Crippen molar-refractivity contribution < 1.29 is 16.8 Å². The third kappa shape index (κ3) is 8.55. The Morgan fingerprint density at radius 1 is 0.470 bits per heavy atom. The summed E-state index contributed by atoms with van der Waals surface area (Å²) in [5.41, 5.74) is 7.34. The Kier molecular flexibility index (Phi) is 11.2. The SMILES string of the molecule is CN1CCN(c2cccc(N(c3nc4c(-c5cccc(S(C)(=O)=O)c5)cccn4n3)N(c3cccc(N4CCN(C)CC4)c3)c3nc4c(-c5cccc(S(C)(=O)=O)c5)cccn4n3)c2)CC1. The van der Waals surface area contributed by atoms with E-state index in [1.165, 1.54) is 12.5 Å². The van der Waals surface area contributed by atoms with Gasteiger partial charge in [0.05, 0.1) is 21.2 Å². The van der Waals surface area contributed by atoms with Crippen LogP contribution < -0.4 is 19.8 Å². The molecule has 0 bridgehead atoms. The lowest BCUT2D eigenvalue weighted by Crippen LogP contribution is -2.44. The van der Waals surface area contributed by atoms with E-state index in [0.29, 0.717) is 45.4 Å². The van der Waals surface area contributed by atoms with Crippen LogP contribution in [0.1, 0.15) is 0 Å². The van der Waals surface area contributed by atoms with E-state index in [2.05, 4.69) is 58.0 Å². The number of rotatable bonds is 11. The van der Waals surface area contributed by atoms with Gasteiger partial charge in [-0.1, -0.05) is 36.4 Å². The van der Waals surface area contributed by atoms with Crippen molar-refractivity contribution >= 4 is 65.6 Å². The van der Waals surface area contributed by atoms with Crippen LogP contribution in [0.2, 0.25) is 0 Å². The van der Waals surface area contributed by atoms with Gasteiger partial charge in [0.15, 0.2) is 31.0 Å². The van der Waals surface area contributed by atoms with Gasteiger partial charge >= 0.3 is 0 Å². The van der Waals surface area contributed by atoms with Gasteiger partial charge in [-0.3, -0.25) is 0 Å². The lowest BCUT2D eigenvalue weighted by atomic mass is 10.1. The number of hydrazine groups is 1. The largest absolute Gasteiger partial charge is 0.369 e. The maximum absolute atomic E-state index is 12.7. The smallest absolute Gasteiger partial charge is 0.269 e. The molecule has 0 unspecified atom stereocenters. The third-order valence-corrected chi connectivity index (χ3v) is 14.5. The Morgan fingerprint density at radius 2 is 0.864 bits per heavy atom. The average molecular weight is 923 g/mol. The van der Waals surface area contributed by atoms with Gasteiger partial charge in [-0.25, -0.2) is 35.9 Å². The minimum absolute atomic E-state index is 0.204. The molecule has 2 aliphatic heterocycles. The molecular formula is C48H50N12O4S2. The summed E-state index contributed by atoms with van der Waals surface area (Å²) in [5, 5.41) is 14.2. The van der Waals surface area contributed by atoms with Crippen molar-refractivity contribution in [3.05, 3.63) is 134 Å². The first-order valence-corrected chi connectivity index (χ1v) is 25.5. The van der Waals surface area contributed by atoms with Crippen LogP contribution in [0.3, 0.4) is 0 Å². The summed E-state index contributed by atoms with van der Waals surface area (Å²) in [4.78, 5) is 20.4. The van der Waals surface area contributed by atoms with E-state index in [9.17, 15) is 16.8 Å². The monoisotopic (exact) mass is 922 g/mol. The first kappa shape index (κ1) is 43.1. The molecule has 16 nitrogen and oxygen atoms in total. The predicted molar refractivity (Wildman–Crippen MR) is 260 cm³/mol. The summed E-state index contributed by atoms with van der Waals surface area (Å²) < 4.78 is 54.2. The third-order valence-electron chi connectivity index (χ3n) is 12.3. The fourth-order valence-electron chi connectivity index (χ4n) is 8.62. The van der Waals surface area contributed by atoms with Gasteiger partial charge in [-0.2, -0.15) is 9.97 Å². The van der Waals surface area contributed by atoms with Crippen molar-refractivity contribution in [1.29, 1.82) is 0 Å². The second kappa shape index (κ2) is 17.2. The van der Waals surface area contributed by atoms with E-state index >= 15 is 0 Å². The molecule has 0 spiro atoms. The minimum atomic E-state index is -3.49. The summed E-state index contributed by atoms with van der Waals surface area (Å²) in [6.45, 7) is 7.14. The molecule has 8 aromatic rings. The summed E-state index contributed by atoms with van der Waals surface area (Å²) in [6.07, 6.45) is 6.05. The van der Waals surface area contributed by atoms with E-state index in [1.807, 2.05) is 83.1 Å². The number of nitrogens with zero attached hydrogens (tertiary/aromatic N) is 12. The van der Waals surface area contributed by atoms with Crippen LogP contribution >= 0.6 is 0 Å². The molecule has 2 fully saturated rings. The van der Waals surface area contributed by atoms with Crippen molar-refractivity contribution in [3.8, 4) is 22.3 Å². The van der Waals surface area contributed by atoms with Gasteiger partial charge in [0.25, 0.3) is 11.9 Å². The lowest BCUT2D eigenvalue weighted by Gasteiger charge is -2.37. The molecule has 0 atom stereocenters. The first-order chi connectivity index (χ1) is 31.8. The molecule has 0 N–H and O–H groups in total. The zero-order valence-electron chi connectivity index (χ0n) is 37.2. The first-order valence-electron chi connectivity index (χ1n) is 21.8. The van der Waals surface area contributed by atoms with E-state index in [4.69, 9.17) is 20.2 Å². The quantitative estimate of drug-likeness (QED) is 0.134. The molecule has 0 saturated carbocycles. The van der Waals surface area contributed by atoms with Crippen molar-refractivity contribution in [3.63, 3.8) is 0 Å². The number of hydrogen-bond donors (Lipinski definition) is 0. The number of piperazine rings is 2.